The Morgan fingerprint density at radius 3 is 2.30 bits per heavy atom. The molecular formula is C16H25NO3. The van der Waals surface area contributed by atoms with Gasteiger partial charge >= 0.3 is 0 Å². The summed E-state index contributed by atoms with van der Waals surface area (Å²) in [5, 5.41) is 16.8. The van der Waals surface area contributed by atoms with Gasteiger partial charge in [-0.1, -0.05) is 25.5 Å². The number of carbonyl (C=O) groups is 1. The van der Waals surface area contributed by atoms with Crippen LogP contribution in [0, 0.1) is 0 Å². The largest absolute Gasteiger partial charge is 0.508 e. The summed E-state index contributed by atoms with van der Waals surface area (Å²) >= 11 is 0. The molecule has 0 saturated carbocycles. The monoisotopic (exact) mass is 279 g/mol. The molecule has 0 spiro atoms. The van der Waals surface area contributed by atoms with Crippen molar-refractivity contribution in [3.05, 3.63) is 29.8 Å². The first-order chi connectivity index (χ1) is 9.39. The fraction of sp³-hybridized carbons (Fsp3) is 0.562. The summed E-state index contributed by atoms with van der Waals surface area (Å²) in [5.74, 6) is -0.471. The molecule has 112 valence electrons. The van der Waals surface area contributed by atoms with E-state index in [1.807, 2.05) is 12.1 Å². The minimum atomic E-state index is -0.833. The number of benzene rings is 1. The van der Waals surface area contributed by atoms with Gasteiger partial charge in [-0.3, -0.25) is 4.79 Å². The Labute approximate surface area is 121 Å². The maximum absolute atomic E-state index is 9.35. The van der Waals surface area contributed by atoms with Crippen LogP contribution >= 0.6 is 0 Å². The van der Waals surface area contributed by atoms with Crippen molar-refractivity contribution in [2.24, 2.45) is 0 Å². The third-order valence-corrected chi connectivity index (χ3v) is 3.75. The van der Waals surface area contributed by atoms with Gasteiger partial charge in [0.05, 0.1) is 0 Å². The maximum Gasteiger partial charge on any atom is 0.300 e. The second kappa shape index (κ2) is 7.29. The van der Waals surface area contributed by atoms with Gasteiger partial charge in [0.1, 0.15) is 5.75 Å². The van der Waals surface area contributed by atoms with E-state index >= 15 is 0 Å². The van der Waals surface area contributed by atoms with Gasteiger partial charge in [-0.25, -0.2) is 0 Å². The molecule has 2 rings (SSSR count). The summed E-state index contributed by atoms with van der Waals surface area (Å²) in [6.07, 6.45) is 3.69. The predicted molar refractivity (Wildman–Crippen MR) is 80.1 cm³/mol. The van der Waals surface area contributed by atoms with Gasteiger partial charge in [-0.2, -0.15) is 0 Å². The number of likely N-dealkylation sites (N-methyl/N-ethyl adjacent to an activating group) is 1. The molecule has 1 fully saturated rings. The van der Waals surface area contributed by atoms with Crippen LogP contribution < -0.4 is 0 Å². The van der Waals surface area contributed by atoms with Crippen LogP contribution in [-0.2, 0) is 10.2 Å². The van der Waals surface area contributed by atoms with Crippen molar-refractivity contribution in [2.45, 2.75) is 38.5 Å². The van der Waals surface area contributed by atoms with Gasteiger partial charge in [0.2, 0.25) is 0 Å². The molecule has 1 aliphatic heterocycles. The van der Waals surface area contributed by atoms with Crippen molar-refractivity contribution >= 4 is 5.97 Å². The number of rotatable bonds is 3. The first kappa shape index (κ1) is 16.5. The fourth-order valence-electron chi connectivity index (χ4n) is 2.96. The van der Waals surface area contributed by atoms with Gasteiger partial charge in [-0.05, 0) is 44.1 Å². The number of phenols is 1. The van der Waals surface area contributed by atoms with Crippen LogP contribution in [0.3, 0.4) is 0 Å². The number of aliphatic carboxylic acids is 1. The predicted octanol–water partition coefficient (Wildman–Crippen LogP) is 2.86. The summed E-state index contributed by atoms with van der Waals surface area (Å²) < 4.78 is 0. The molecule has 4 heteroatoms. The van der Waals surface area contributed by atoms with Crippen molar-refractivity contribution in [3.63, 3.8) is 0 Å². The van der Waals surface area contributed by atoms with E-state index in [2.05, 4.69) is 31.0 Å². The van der Waals surface area contributed by atoms with Crippen LogP contribution in [0.15, 0.2) is 24.3 Å². The lowest BCUT2D eigenvalue weighted by molar-refractivity contribution is -0.134. The lowest BCUT2D eigenvalue weighted by Gasteiger charge is -2.29. The topological polar surface area (TPSA) is 60.8 Å². The Balaban J connectivity index is 0.000000444. The summed E-state index contributed by atoms with van der Waals surface area (Å²) in [5.41, 5.74) is 1.70. The molecule has 0 bridgehead atoms. The van der Waals surface area contributed by atoms with Crippen LogP contribution in [0.25, 0.3) is 0 Å². The normalized spacial score (nSPS) is 22.1. The van der Waals surface area contributed by atoms with Crippen LogP contribution in [0.4, 0.5) is 0 Å². The smallest absolute Gasteiger partial charge is 0.300 e. The van der Waals surface area contributed by atoms with Crippen molar-refractivity contribution in [3.8, 4) is 5.75 Å². The molecular weight excluding hydrogens is 254 g/mol. The second-order valence-electron chi connectivity index (χ2n) is 5.58. The molecule has 2 N–H and O–H groups in total. The number of hydrogen-bond donors (Lipinski definition) is 2. The molecule has 1 aromatic rings. The van der Waals surface area contributed by atoms with Crippen molar-refractivity contribution < 1.29 is 15.0 Å². The van der Waals surface area contributed by atoms with Gasteiger partial charge < -0.3 is 15.1 Å². The number of phenolic OH excluding ortho intramolecular Hbond substituents is 1. The highest BCUT2D eigenvalue weighted by molar-refractivity contribution is 5.62. The van der Waals surface area contributed by atoms with E-state index in [4.69, 9.17) is 9.90 Å². The molecule has 0 aliphatic carbocycles. The first-order valence-electron chi connectivity index (χ1n) is 7.07. The van der Waals surface area contributed by atoms with Crippen LogP contribution in [-0.4, -0.2) is 41.2 Å². The third kappa shape index (κ3) is 4.53. The number of carboxylic acid groups (broad SMARTS) is 1. The number of likely N-dealkylation sites (tertiary alicyclic amines) is 1. The molecule has 1 aliphatic rings. The lowest BCUT2D eigenvalue weighted by atomic mass is 9.76. The lowest BCUT2D eigenvalue weighted by Crippen LogP contribution is -2.29. The number of carboxylic acids is 1. The van der Waals surface area contributed by atoms with E-state index in [1.165, 1.54) is 31.4 Å². The number of nitrogens with zero attached hydrogens (tertiary/aromatic N) is 1. The quantitative estimate of drug-likeness (QED) is 0.893. The van der Waals surface area contributed by atoms with Gasteiger partial charge in [0, 0.05) is 18.9 Å². The van der Waals surface area contributed by atoms with E-state index in [0.29, 0.717) is 11.2 Å². The highest BCUT2D eigenvalue weighted by atomic mass is 16.4. The van der Waals surface area contributed by atoms with Crippen molar-refractivity contribution in [1.82, 2.24) is 4.90 Å². The third-order valence-electron chi connectivity index (χ3n) is 3.75. The standard InChI is InChI=1S/C14H21NO.C2H4O2/c1-3-8-14(9-10-15(2)11-14)12-4-6-13(16)7-5-12;1-2(3)4/h4-7,16H,3,8-11H2,1-2H3;1H3,(H,3,4). The average molecular weight is 279 g/mol. The van der Waals surface area contributed by atoms with E-state index in [0.717, 1.165) is 13.5 Å². The molecule has 1 aromatic carbocycles. The van der Waals surface area contributed by atoms with Crippen LogP contribution in [0.1, 0.15) is 38.7 Å². The first-order valence-corrected chi connectivity index (χ1v) is 7.07. The molecule has 1 atom stereocenters. The van der Waals surface area contributed by atoms with E-state index in [-0.39, 0.29) is 0 Å². The van der Waals surface area contributed by atoms with Gasteiger partial charge in [0.25, 0.3) is 5.97 Å². The van der Waals surface area contributed by atoms with Crippen LogP contribution in [0.5, 0.6) is 5.75 Å². The Hall–Kier alpha value is -1.55. The highest BCUT2D eigenvalue weighted by Gasteiger charge is 2.37. The summed E-state index contributed by atoms with van der Waals surface area (Å²) in [7, 11) is 2.19. The number of aromatic hydroxyl groups is 1. The fourth-order valence-corrected chi connectivity index (χ4v) is 2.96. The zero-order chi connectivity index (χ0) is 15.2. The molecule has 1 heterocycles. The average Bonchev–Trinajstić information content (AvgIpc) is 2.72. The SMILES string of the molecule is CC(=O)O.CCCC1(c2ccc(O)cc2)CCN(C)C1. The Bertz CT molecular complexity index is 422. The van der Waals surface area contributed by atoms with Crippen LogP contribution in [0.2, 0.25) is 0 Å². The summed E-state index contributed by atoms with van der Waals surface area (Å²) in [4.78, 5) is 11.4. The second-order valence-corrected chi connectivity index (χ2v) is 5.58. The molecule has 4 nitrogen and oxygen atoms in total. The summed E-state index contributed by atoms with van der Waals surface area (Å²) in [6.45, 7) is 5.66. The summed E-state index contributed by atoms with van der Waals surface area (Å²) in [6, 6.07) is 7.80. The minimum absolute atomic E-state index is 0.317. The zero-order valence-electron chi connectivity index (χ0n) is 12.6. The molecule has 0 amide bonds. The molecule has 1 saturated heterocycles. The maximum atomic E-state index is 9.35. The zero-order valence-corrected chi connectivity index (χ0v) is 12.6. The Morgan fingerprint density at radius 1 is 1.35 bits per heavy atom. The van der Waals surface area contributed by atoms with E-state index in [1.54, 1.807) is 0 Å². The number of hydrogen-bond acceptors (Lipinski definition) is 3. The molecule has 1 unspecified atom stereocenters. The van der Waals surface area contributed by atoms with E-state index in [9.17, 15) is 5.11 Å². The van der Waals surface area contributed by atoms with Gasteiger partial charge in [0.15, 0.2) is 0 Å². The molecule has 20 heavy (non-hydrogen) atoms. The van der Waals surface area contributed by atoms with Gasteiger partial charge in [-0.15, -0.1) is 0 Å². The molecule has 0 aromatic heterocycles. The van der Waals surface area contributed by atoms with Crippen molar-refractivity contribution in [2.75, 3.05) is 20.1 Å². The van der Waals surface area contributed by atoms with Crippen molar-refractivity contribution in [1.29, 1.82) is 0 Å². The van der Waals surface area contributed by atoms with E-state index < -0.39 is 5.97 Å². The minimum Gasteiger partial charge on any atom is -0.508 e. The molecule has 0 radical (unpaired) electrons. The highest BCUT2D eigenvalue weighted by Crippen LogP contribution is 2.38. The Morgan fingerprint density at radius 2 is 1.90 bits per heavy atom. The Kier molecular flexibility index (Phi) is 6.02.